The van der Waals surface area contributed by atoms with Crippen molar-refractivity contribution in [1.29, 1.82) is 0 Å². The molecule has 6 nitrogen and oxygen atoms in total. The summed E-state index contributed by atoms with van der Waals surface area (Å²) in [4.78, 5) is 27.0. The van der Waals surface area contributed by atoms with Gasteiger partial charge in [0.1, 0.15) is 5.75 Å². The summed E-state index contributed by atoms with van der Waals surface area (Å²) >= 11 is 0. The second-order valence-corrected chi connectivity index (χ2v) is 7.27. The van der Waals surface area contributed by atoms with Gasteiger partial charge in [-0.15, -0.1) is 0 Å². The summed E-state index contributed by atoms with van der Waals surface area (Å²) in [6, 6.07) is 24.4. The molecule has 0 saturated carbocycles. The maximum absolute atomic E-state index is 12.8. The highest BCUT2D eigenvalue weighted by Gasteiger charge is 2.15. The lowest BCUT2D eigenvalue weighted by Crippen LogP contribution is -2.28. The zero-order valence-electron chi connectivity index (χ0n) is 17.8. The SMILES string of the molecule is CN(C)c1ccc(NC(=O)COc2ccccc2)cc1C(=O)NCCc1ccccc1. The van der Waals surface area contributed by atoms with Crippen LogP contribution < -0.4 is 20.3 Å². The number of amides is 2. The Labute approximate surface area is 182 Å². The van der Waals surface area contributed by atoms with E-state index in [9.17, 15) is 9.59 Å². The van der Waals surface area contributed by atoms with E-state index in [2.05, 4.69) is 10.6 Å². The van der Waals surface area contributed by atoms with Gasteiger partial charge >= 0.3 is 0 Å². The largest absolute Gasteiger partial charge is 0.484 e. The van der Waals surface area contributed by atoms with Crippen LogP contribution in [0.15, 0.2) is 78.9 Å². The number of hydrogen-bond donors (Lipinski definition) is 2. The summed E-state index contributed by atoms with van der Waals surface area (Å²) in [6.07, 6.45) is 0.747. The third-order valence-corrected chi connectivity index (χ3v) is 4.66. The Hall–Kier alpha value is -3.80. The van der Waals surface area contributed by atoms with Crippen LogP contribution in [0.1, 0.15) is 15.9 Å². The van der Waals surface area contributed by atoms with Crippen molar-refractivity contribution >= 4 is 23.2 Å². The van der Waals surface area contributed by atoms with E-state index in [1.807, 2.05) is 73.6 Å². The quantitative estimate of drug-likeness (QED) is 0.556. The van der Waals surface area contributed by atoms with Gasteiger partial charge in [0.2, 0.25) is 0 Å². The van der Waals surface area contributed by atoms with Crippen LogP contribution in [0.25, 0.3) is 0 Å². The first-order valence-electron chi connectivity index (χ1n) is 10.1. The molecular formula is C25H27N3O3. The van der Waals surface area contributed by atoms with Crippen LogP contribution in [0.3, 0.4) is 0 Å². The van der Waals surface area contributed by atoms with Gasteiger partial charge in [0.25, 0.3) is 11.8 Å². The lowest BCUT2D eigenvalue weighted by molar-refractivity contribution is -0.118. The Kier molecular flexibility index (Phi) is 7.65. The van der Waals surface area contributed by atoms with Gasteiger partial charge in [0, 0.05) is 32.0 Å². The van der Waals surface area contributed by atoms with Gasteiger partial charge < -0.3 is 20.3 Å². The van der Waals surface area contributed by atoms with Crippen molar-refractivity contribution in [2.75, 3.05) is 37.5 Å². The third kappa shape index (κ3) is 6.60. The molecule has 0 saturated heterocycles. The Bertz CT molecular complexity index is 1010. The minimum atomic E-state index is -0.295. The maximum Gasteiger partial charge on any atom is 0.262 e. The molecule has 0 atom stereocenters. The Morgan fingerprint density at radius 3 is 2.26 bits per heavy atom. The van der Waals surface area contributed by atoms with Crippen LogP contribution in [0.5, 0.6) is 5.75 Å². The molecular weight excluding hydrogens is 390 g/mol. The number of carbonyl (C=O) groups excluding carboxylic acids is 2. The fourth-order valence-corrected chi connectivity index (χ4v) is 3.11. The second-order valence-electron chi connectivity index (χ2n) is 7.27. The molecule has 0 bridgehead atoms. The van der Waals surface area contributed by atoms with Crippen LogP contribution in [0, 0.1) is 0 Å². The van der Waals surface area contributed by atoms with Gasteiger partial charge in [-0.25, -0.2) is 0 Å². The molecule has 3 aromatic carbocycles. The fourth-order valence-electron chi connectivity index (χ4n) is 3.11. The van der Waals surface area contributed by atoms with Crippen molar-refractivity contribution in [2.45, 2.75) is 6.42 Å². The molecule has 3 rings (SSSR count). The number of carbonyl (C=O) groups is 2. The average Bonchev–Trinajstić information content (AvgIpc) is 2.79. The van der Waals surface area contributed by atoms with Gasteiger partial charge in [0.05, 0.1) is 5.56 Å². The topological polar surface area (TPSA) is 70.7 Å². The number of anilines is 2. The average molecular weight is 418 g/mol. The number of ether oxygens (including phenoxy) is 1. The number of benzene rings is 3. The van der Waals surface area contributed by atoms with Crippen molar-refractivity contribution in [3.05, 3.63) is 90.0 Å². The van der Waals surface area contributed by atoms with Crippen molar-refractivity contribution in [1.82, 2.24) is 5.32 Å². The molecule has 3 aromatic rings. The number of nitrogens with one attached hydrogen (secondary N) is 2. The number of rotatable bonds is 9. The molecule has 0 spiro atoms. The number of hydrogen-bond acceptors (Lipinski definition) is 4. The van der Waals surface area contributed by atoms with Crippen LogP contribution in [0.2, 0.25) is 0 Å². The molecule has 0 aliphatic rings. The van der Waals surface area contributed by atoms with E-state index in [-0.39, 0.29) is 18.4 Å². The molecule has 0 fully saturated rings. The standard InChI is InChI=1S/C25H27N3O3/c1-28(2)23-14-13-20(27-24(29)18-31-21-11-7-4-8-12-21)17-22(23)25(30)26-16-15-19-9-5-3-6-10-19/h3-14,17H,15-16,18H2,1-2H3,(H,26,30)(H,27,29). The van der Waals surface area contributed by atoms with E-state index in [4.69, 9.17) is 4.74 Å². The van der Waals surface area contributed by atoms with E-state index in [0.29, 0.717) is 23.5 Å². The van der Waals surface area contributed by atoms with E-state index in [1.165, 1.54) is 0 Å². The van der Waals surface area contributed by atoms with Gasteiger partial charge in [0.15, 0.2) is 6.61 Å². The molecule has 0 aromatic heterocycles. The van der Waals surface area contributed by atoms with Gasteiger partial charge in [-0.2, -0.15) is 0 Å². The lowest BCUT2D eigenvalue weighted by Gasteiger charge is -2.18. The van der Waals surface area contributed by atoms with Gasteiger partial charge in [-0.1, -0.05) is 48.5 Å². The van der Waals surface area contributed by atoms with E-state index in [1.54, 1.807) is 24.3 Å². The zero-order chi connectivity index (χ0) is 22.1. The van der Waals surface area contributed by atoms with Crippen molar-refractivity contribution < 1.29 is 14.3 Å². The molecule has 0 radical (unpaired) electrons. The molecule has 0 aliphatic heterocycles. The molecule has 0 heterocycles. The molecule has 6 heteroatoms. The molecule has 31 heavy (non-hydrogen) atoms. The first kappa shape index (κ1) is 21.9. The lowest BCUT2D eigenvalue weighted by atomic mass is 10.1. The van der Waals surface area contributed by atoms with Crippen LogP contribution >= 0.6 is 0 Å². The van der Waals surface area contributed by atoms with Crippen LogP contribution in [-0.4, -0.2) is 39.1 Å². The fraction of sp³-hybridized carbons (Fsp3) is 0.200. The zero-order valence-corrected chi connectivity index (χ0v) is 17.8. The van der Waals surface area contributed by atoms with E-state index in [0.717, 1.165) is 17.7 Å². The van der Waals surface area contributed by atoms with Crippen molar-refractivity contribution in [3.8, 4) is 5.75 Å². The van der Waals surface area contributed by atoms with E-state index >= 15 is 0 Å². The second kappa shape index (κ2) is 10.8. The highest BCUT2D eigenvalue weighted by molar-refractivity contribution is 6.02. The predicted octanol–water partition coefficient (Wildman–Crippen LogP) is 3.74. The summed E-state index contributed by atoms with van der Waals surface area (Å²) in [5.41, 5.74) is 2.98. The van der Waals surface area contributed by atoms with Gasteiger partial charge in [-0.3, -0.25) is 9.59 Å². The van der Waals surface area contributed by atoms with Crippen molar-refractivity contribution in [2.24, 2.45) is 0 Å². The summed E-state index contributed by atoms with van der Waals surface area (Å²) in [5.74, 6) is 0.146. The highest BCUT2D eigenvalue weighted by Crippen LogP contribution is 2.23. The smallest absolute Gasteiger partial charge is 0.262 e. The molecule has 2 N–H and O–H groups in total. The minimum absolute atomic E-state index is 0.113. The number of para-hydroxylation sites is 1. The van der Waals surface area contributed by atoms with E-state index < -0.39 is 0 Å². The highest BCUT2D eigenvalue weighted by atomic mass is 16.5. The molecule has 2 amide bonds. The molecule has 160 valence electrons. The number of nitrogens with zero attached hydrogens (tertiary/aromatic N) is 1. The molecule has 0 unspecified atom stereocenters. The molecule has 0 aliphatic carbocycles. The Morgan fingerprint density at radius 2 is 1.58 bits per heavy atom. The summed E-state index contributed by atoms with van der Waals surface area (Å²) < 4.78 is 5.48. The van der Waals surface area contributed by atoms with Crippen LogP contribution in [-0.2, 0) is 11.2 Å². The third-order valence-electron chi connectivity index (χ3n) is 4.66. The Morgan fingerprint density at radius 1 is 0.903 bits per heavy atom. The summed E-state index contributed by atoms with van der Waals surface area (Å²) in [7, 11) is 3.75. The monoisotopic (exact) mass is 417 g/mol. The maximum atomic E-state index is 12.8. The van der Waals surface area contributed by atoms with Crippen LogP contribution in [0.4, 0.5) is 11.4 Å². The summed E-state index contributed by atoms with van der Waals surface area (Å²) in [6.45, 7) is 0.412. The first-order valence-corrected chi connectivity index (χ1v) is 10.1. The minimum Gasteiger partial charge on any atom is -0.484 e. The predicted molar refractivity (Wildman–Crippen MR) is 124 cm³/mol. The van der Waals surface area contributed by atoms with Gasteiger partial charge in [-0.05, 0) is 42.3 Å². The Balaban J connectivity index is 1.62. The first-order chi connectivity index (χ1) is 15.0. The summed E-state index contributed by atoms with van der Waals surface area (Å²) in [5, 5.41) is 5.76. The van der Waals surface area contributed by atoms with Crippen molar-refractivity contribution in [3.63, 3.8) is 0 Å². The normalized spacial score (nSPS) is 10.3.